The SMILES string of the molecule is CSc1ccc(S(=O)(=O)C[C@@H]2CC=CC[C@H]2C(=O)NCC#N)cc1. The van der Waals surface area contributed by atoms with Gasteiger partial charge in [0.25, 0.3) is 0 Å². The number of carbonyl (C=O) groups excluding carboxylic acids is 1. The van der Waals surface area contributed by atoms with Gasteiger partial charge in [-0.25, -0.2) is 8.42 Å². The van der Waals surface area contributed by atoms with Gasteiger partial charge in [-0.1, -0.05) is 12.2 Å². The zero-order valence-corrected chi connectivity index (χ0v) is 15.1. The number of benzene rings is 1. The highest BCUT2D eigenvalue weighted by Gasteiger charge is 2.32. The van der Waals surface area contributed by atoms with Crippen LogP contribution in [-0.2, 0) is 14.6 Å². The number of amides is 1. The molecule has 1 aromatic carbocycles. The molecule has 0 heterocycles. The summed E-state index contributed by atoms with van der Waals surface area (Å²) >= 11 is 1.55. The molecular weight excluding hydrogens is 344 g/mol. The number of hydrogen-bond acceptors (Lipinski definition) is 5. The monoisotopic (exact) mass is 364 g/mol. The van der Waals surface area contributed by atoms with E-state index in [4.69, 9.17) is 5.26 Å². The molecule has 0 unspecified atom stereocenters. The standard InChI is InChI=1S/C17H20N2O3S2/c1-23-14-6-8-15(9-7-14)24(21,22)12-13-4-2-3-5-16(13)17(20)19-11-10-18/h2-3,6-9,13,16H,4-5,11-12H2,1H3,(H,19,20)/t13-,16+/m0/s1. The Morgan fingerprint density at radius 2 is 1.96 bits per heavy atom. The van der Waals surface area contributed by atoms with E-state index in [1.165, 1.54) is 0 Å². The van der Waals surface area contributed by atoms with Crippen LogP contribution < -0.4 is 5.32 Å². The van der Waals surface area contributed by atoms with Crippen molar-refractivity contribution >= 4 is 27.5 Å². The van der Waals surface area contributed by atoms with Crippen molar-refractivity contribution in [2.75, 3.05) is 18.6 Å². The number of allylic oxidation sites excluding steroid dienone is 2. The number of thioether (sulfide) groups is 1. The number of carbonyl (C=O) groups is 1. The molecule has 0 spiro atoms. The molecular formula is C17H20N2O3S2. The first-order valence-electron chi connectivity index (χ1n) is 7.64. The lowest BCUT2D eigenvalue weighted by atomic mass is 9.83. The molecule has 24 heavy (non-hydrogen) atoms. The predicted octanol–water partition coefficient (Wildman–Crippen LogP) is 2.40. The van der Waals surface area contributed by atoms with Crippen LogP contribution in [0.2, 0.25) is 0 Å². The van der Waals surface area contributed by atoms with E-state index in [1.807, 2.05) is 24.5 Å². The van der Waals surface area contributed by atoms with Crippen molar-refractivity contribution in [2.24, 2.45) is 11.8 Å². The number of nitrogens with zero attached hydrogens (tertiary/aromatic N) is 1. The lowest BCUT2D eigenvalue weighted by molar-refractivity contribution is -0.126. The van der Waals surface area contributed by atoms with Crippen LogP contribution in [0, 0.1) is 23.2 Å². The quantitative estimate of drug-likeness (QED) is 0.476. The number of nitriles is 1. The maximum Gasteiger partial charge on any atom is 0.224 e. The van der Waals surface area contributed by atoms with Crippen molar-refractivity contribution in [1.29, 1.82) is 5.26 Å². The fraction of sp³-hybridized carbons (Fsp3) is 0.412. The second-order valence-electron chi connectivity index (χ2n) is 5.64. The first-order chi connectivity index (χ1) is 11.5. The minimum absolute atomic E-state index is 0.0608. The Balaban J connectivity index is 2.14. The molecule has 0 radical (unpaired) electrons. The van der Waals surface area contributed by atoms with Crippen LogP contribution in [0.15, 0.2) is 46.2 Å². The van der Waals surface area contributed by atoms with E-state index in [0.717, 1.165) is 4.90 Å². The van der Waals surface area contributed by atoms with Crippen molar-refractivity contribution < 1.29 is 13.2 Å². The molecule has 0 aromatic heterocycles. The average molecular weight is 364 g/mol. The number of rotatable bonds is 6. The Morgan fingerprint density at radius 1 is 1.29 bits per heavy atom. The fourth-order valence-corrected chi connectivity index (χ4v) is 4.88. The van der Waals surface area contributed by atoms with Gasteiger partial charge in [0.15, 0.2) is 9.84 Å². The third kappa shape index (κ3) is 4.62. The van der Waals surface area contributed by atoms with Crippen molar-refractivity contribution in [3.05, 3.63) is 36.4 Å². The summed E-state index contributed by atoms with van der Waals surface area (Å²) < 4.78 is 25.3. The average Bonchev–Trinajstić information content (AvgIpc) is 2.60. The Bertz CT molecular complexity index is 749. The summed E-state index contributed by atoms with van der Waals surface area (Å²) in [5, 5.41) is 11.1. The van der Waals surface area contributed by atoms with E-state index in [0.29, 0.717) is 12.8 Å². The van der Waals surface area contributed by atoms with E-state index in [1.54, 1.807) is 36.0 Å². The fourth-order valence-electron chi connectivity index (χ4n) is 2.79. The third-order valence-electron chi connectivity index (χ3n) is 4.10. The van der Waals surface area contributed by atoms with Crippen molar-refractivity contribution in [3.8, 4) is 6.07 Å². The summed E-state index contributed by atoms with van der Waals surface area (Å²) in [5.74, 6) is -1.01. The van der Waals surface area contributed by atoms with Gasteiger partial charge in [0.1, 0.15) is 6.54 Å². The zero-order valence-electron chi connectivity index (χ0n) is 13.4. The molecule has 0 aliphatic heterocycles. The molecule has 1 N–H and O–H groups in total. The topological polar surface area (TPSA) is 87.0 Å². The highest BCUT2D eigenvalue weighted by Crippen LogP contribution is 2.29. The molecule has 1 aliphatic carbocycles. The molecule has 7 heteroatoms. The van der Waals surface area contributed by atoms with Gasteiger partial charge < -0.3 is 5.32 Å². The Morgan fingerprint density at radius 3 is 2.58 bits per heavy atom. The van der Waals surface area contributed by atoms with E-state index in [-0.39, 0.29) is 29.0 Å². The van der Waals surface area contributed by atoms with Crippen LogP contribution >= 0.6 is 11.8 Å². The third-order valence-corrected chi connectivity index (χ3v) is 6.70. The maximum atomic E-state index is 12.7. The first kappa shape index (κ1) is 18.6. The molecule has 1 aliphatic rings. The molecule has 2 rings (SSSR count). The van der Waals surface area contributed by atoms with E-state index in [2.05, 4.69) is 5.32 Å². The van der Waals surface area contributed by atoms with Gasteiger partial charge in [0, 0.05) is 10.8 Å². The van der Waals surface area contributed by atoms with Gasteiger partial charge in [0.2, 0.25) is 5.91 Å². The minimum atomic E-state index is -3.46. The summed E-state index contributed by atoms with van der Waals surface area (Å²) in [4.78, 5) is 13.5. The summed E-state index contributed by atoms with van der Waals surface area (Å²) in [7, 11) is -3.46. The van der Waals surface area contributed by atoms with Crippen LogP contribution in [0.1, 0.15) is 12.8 Å². The number of nitrogens with one attached hydrogen (secondary N) is 1. The molecule has 2 atom stereocenters. The predicted molar refractivity (Wildman–Crippen MR) is 94.3 cm³/mol. The first-order valence-corrected chi connectivity index (χ1v) is 10.5. The van der Waals surface area contributed by atoms with Crippen LogP contribution in [0.4, 0.5) is 0 Å². The van der Waals surface area contributed by atoms with Crippen molar-refractivity contribution in [3.63, 3.8) is 0 Å². The minimum Gasteiger partial charge on any atom is -0.343 e. The molecule has 128 valence electrons. The summed E-state index contributed by atoms with van der Waals surface area (Å²) in [6.07, 6.45) is 6.80. The molecule has 0 saturated carbocycles. The van der Waals surface area contributed by atoms with Crippen LogP contribution in [0.3, 0.4) is 0 Å². The molecule has 5 nitrogen and oxygen atoms in total. The molecule has 1 aromatic rings. The second kappa shape index (κ2) is 8.36. The van der Waals surface area contributed by atoms with E-state index in [9.17, 15) is 13.2 Å². The lowest BCUT2D eigenvalue weighted by Crippen LogP contribution is -2.38. The van der Waals surface area contributed by atoms with E-state index >= 15 is 0 Å². The van der Waals surface area contributed by atoms with Crippen LogP contribution in [-0.4, -0.2) is 32.9 Å². The van der Waals surface area contributed by atoms with Gasteiger partial charge in [-0.3, -0.25) is 4.79 Å². The molecule has 0 bridgehead atoms. The van der Waals surface area contributed by atoms with Gasteiger partial charge in [-0.2, -0.15) is 5.26 Å². The Labute approximate surface area is 147 Å². The van der Waals surface area contributed by atoms with Gasteiger partial charge in [-0.15, -0.1) is 11.8 Å². The molecule has 1 amide bonds. The summed E-state index contributed by atoms with van der Waals surface area (Å²) in [6.45, 7) is -0.0608. The van der Waals surface area contributed by atoms with Crippen LogP contribution in [0.25, 0.3) is 0 Å². The summed E-state index contributed by atoms with van der Waals surface area (Å²) in [6, 6.07) is 8.67. The van der Waals surface area contributed by atoms with E-state index < -0.39 is 15.8 Å². The molecule has 0 fully saturated rings. The van der Waals surface area contributed by atoms with Crippen molar-refractivity contribution in [2.45, 2.75) is 22.6 Å². The Hall–Kier alpha value is -1.78. The normalized spacial score (nSPS) is 20.3. The number of hydrogen-bond donors (Lipinski definition) is 1. The highest BCUT2D eigenvalue weighted by atomic mass is 32.2. The van der Waals surface area contributed by atoms with Gasteiger partial charge in [0.05, 0.1) is 16.7 Å². The smallest absolute Gasteiger partial charge is 0.224 e. The second-order valence-corrected chi connectivity index (χ2v) is 8.56. The van der Waals surface area contributed by atoms with Gasteiger partial charge in [-0.05, 0) is 49.3 Å². The number of sulfone groups is 1. The Kier molecular flexibility index (Phi) is 6.46. The molecule has 0 saturated heterocycles. The maximum absolute atomic E-state index is 12.7. The van der Waals surface area contributed by atoms with Crippen molar-refractivity contribution in [1.82, 2.24) is 5.32 Å². The highest BCUT2D eigenvalue weighted by molar-refractivity contribution is 7.98. The lowest BCUT2D eigenvalue weighted by Gasteiger charge is -2.27. The van der Waals surface area contributed by atoms with Crippen LogP contribution in [0.5, 0.6) is 0 Å². The zero-order chi connectivity index (χ0) is 17.6. The summed E-state index contributed by atoms with van der Waals surface area (Å²) in [5.41, 5.74) is 0. The largest absolute Gasteiger partial charge is 0.343 e. The van der Waals surface area contributed by atoms with Gasteiger partial charge >= 0.3 is 0 Å².